The smallest absolute Gasteiger partial charge is 0.162 e. The number of aryl methyl sites for hydroxylation is 1. The number of nitrogens with zero attached hydrogens (tertiary/aromatic N) is 3. The lowest BCUT2D eigenvalue weighted by Gasteiger charge is -2.21. The number of amidine groups is 2. The summed E-state index contributed by atoms with van der Waals surface area (Å²) in [6, 6.07) is 16.0. The van der Waals surface area contributed by atoms with Gasteiger partial charge >= 0.3 is 0 Å². The molecule has 2 N–H and O–H groups in total. The van der Waals surface area contributed by atoms with Crippen molar-refractivity contribution in [3.63, 3.8) is 0 Å². The van der Waals surface area contributed by atoms with Crippen LogP contribution in [0.5, 0.6) is 0 Å². The van der Waals surface area contributed by atoms with Gasteiger partial charge in [0.25, 0.3) is 0 Å². The zero-order chi connectivity index (χ0) is 24.5. The number of aliphatic imine (C=N–C) groups is 2. The number of nitrogens with two attached hydrogens (primary N) is 1. The van der Waals surface area contributed by atoms with Gasteiger partial charge in [0.05, 0.1) is 23.2 Å². The average molecular weight is 433 g/mol. The number of rotatable bonds is 4. The number of hydrogen-bond donors (Lipinski definition) is 1. The van der Waals surface area contributed by atoms with Crippen molar-refractivity contribution < 1.29 is 0 Å². The molecular weight excluding hydrogens is 392 g/mol. The van der Waals surface area contributed by atoms with Crippen LogP contribution in [0.1, 0.15) is 90.5 Å². The molecule has 4 heteroatoms. The molecular formula is C28H40N4. The molecule has 0 aromatic heterocycles. The molecule has 172 valence electrons. The Labute approximate surface area is 195 Å². The average Bonchev–Trinajstić information content (AvgIpc) is 3.39. The van der Waals surface area contributed by atoms with Crippen LogP contribution in [0.4, 0.5) is 5.69 Å². The van der Waals surface area contributed by atoms with Crippen molar-refractivity contribution in [2.24, 2.45) is 21.1 Å². The number of benzene rings is 2. The standard InChI is InChI=1S/C24H28N4.2C2H6/c1-6-23(4)15-24(23,5)20-10-8-7-9-19(20)22(27-17(3)26)28-21-12-11-18(14-25)13-16(21)2;2*1-2/h7-13H,6,15H2,1-5H3,(H2,26,27,28);2*1-2H3/t23-,24?;;/m1../s1. The summed E-state index contributed by atoms with van der Waals surface area (Å²) in [5, 5.41) is 9.11. The van der Waals surface area contributed by atoms with E-state index in [0.29, 0.717) is 22.6 Å². The highest BCUT2D eigenvalue weighted by atomic mass is 15.0. The largest absolute Gasteiger partial charge is 0.387 e. The van der Waals surface area contributed by atoms with E-state index in [1.54, 1.807) is 13.0 Å². The molecule has 3 rings (SSSR count). The predicted octanol–water partition coefficient (Wildman–Crippen LogP) is 7.45. The third-order valence-electron chi connectivity index (χ3n) is 6.33. The summed E-state index contributed by atoms with van der Waals surface area (Å²) >= 11 is 0. The van der Waals surface area contributed by atoms with E-state index >= 15 is 0 Å². The molecule has 2 atom stereocenters. The Morgan fingerprint density at radius 2 is 1.72 bits per heavy atom. The van der Waals surface area contributed by atoms with E-state index in [-0.39, 0.29) is 5.41 Å². The molecule has 1 aliphatic rings. The number of nitriles is 1. The molecule has 1 aliphatic carbocycles. The van der Waals surface area contributed by atoms with E-state index in [1.165, 1.54) is 5.56 Å². The van der Waals surface area contributed by atoms with Crippen LogP contribution >= 0.6 is 0 Å². The lowest BCUT2D eigenvalue weighted by atomic mass is 9.84. The second-order valence-electron chi connectivity index (χ2n) is 8.27. The minimum absolute atomic E-state index is 0.108. The molecule has 0 aliphatic heterocycles. The van der Waals surface area contributed by atoms with E-state index in [2.05, 4.69) is 50.0 Å². The van der Waals surface area contributed by atoms with Crippen LogP contribution in [-0.2, 0) is 5.41 Å². The molecule has 0 spiro atoms. The van der Waals surface area contributed by atoms with E-state index in [4.69, 9.17) is 16.0 Å². The van der Waals surface area contributed by atoms with Gasteiger partial charge in [-0.1, -0.05) is 72.7 Å². The number of hydrogen-bond acceptors (Lipinski definition) is 2. The van der Waals surface area contributed by atoms with Crippen LogP contribution in [0.3, 0.4) is 0 Å². The summed E-state index contributed by atoms with van der Waals surface area (Å²) in [4.78, 5) is 9.44. The molecule has 2 aromatic carbocycles. The van der Waals surface area contributed by atoms with Crippen molar-refractivity contribution >= 4 is 17.4 Å². The minimum atomic E-state index is 0.108. The monoisotopic (exact) mass is 432 g/mol. The molecule has 0 radical (unpaired) electrons. The molecule has 0 amide bonds. The highest BCUT2D eigenvalue weighted by Crippen LogP contribution is 2.66. The van der Waals surface area contributed by atoms with Gasteiger partial charge < -0.3 is 5.73 Å². The van der Waals surface area contributed by atoms with Crippen LogP contribution in [0.15, 0.2) is 52.4 Å². The fourth-order valence-electron chi connectivity index (χ4n) is 4.11. The SMILES string of the molecule is CC.CC.CC[C@]1(C)CC1(C)c1ccccc1C(N=C(C)N)=Nc1ccc(C#N)cc1C. The lowest BCUT2D eigenvalue weighted by molar-refractivity contribution is 0.461. The van der Waals surface area contributed by atoms with Gasteiger partial charge in [-0.05, 0) is 66.8 Å². The van der Waals surface area contributed by atoms with Gasteiger partial charge in [-0.3, -0.25) is 0 Å². The molecule has 1 unspecified atom stereocenters. The van der Waals surface area contributed by atoms with Gasteiger partial charge in [-0.15, -0.1) is 0 Å². The predicted molar refractivity (Wildman–Crippen MR) is 139 cm³/mol. The fourth-order valence-corrected chi connectivity index (χ4v) is 4.11. The summed E-state index contributed by atoms with van der Waals surface area (Å²) in [6.45, 7) is 18.7. The Hall–Kier alpha value is -2.93. The molecule has 2 aromatic rings. The van der Waals surface area contributed by atoms with E-state index in [1.807, 2.05) is 52.8 Å². The molecule has 0 bridgehead atoms. The van der Waals surface area contributed by atoms with E-state index in [0.717, 1.165) is 29.7 Å². The Morgan fingerprint density at radius 3 is 2.22 bits per heavy atom. The van der Waals surface area contributed by atoms with Crippen molar-refractivity contribution in [3.8, 4) is 6.07 Å². The quantitative estimate of drug-likeness (QED) is 0.402. The van der Waals surface area contributed by atoms with Gasteiger partial charge in [0.1, 0.15) is 0 Å². The molecule has 32 heavy (non-hydrogen) atoms. The van der Waals surface area contributed by atoms with Crippen molar-refractivity contribution in [1.82, 2.24) is 0 Å². The lowest BCUT2D eigenvalue weighted by Crippen LogP contribution is -2.17. The maximum Gasteiger partial charge on any atom is 0.162 e. The topological polar surface area (TPSA) is 74.5 Å². The maximum absolute atomic E-state index is 9.11. The van der Waals surface area contributed by atoms with Crippen LogP contribution < -0.4 is 5.73 Å². The Bertz CT molecular complexity index is 1010. The van der Waals surface area contributed by atoms with Crippen LogP contribution in [0.2, 0.25) is 0 Å². The zero-order valence-corrected chi connectivity index (χ0v) is 21.4. The normalized spacial score (nSPS) is 22.0. The summed E-state index contributed by atoms with van der Waals surface area (Å²) in [7, 11) is 0. The van der Waals surface area contributed by atoms with Crippen LogP contribution in [-0.4, -0.2) is 11.7 Å². The van der Waals surface area contributed by atoms with Crippen molar-refractivity contribution in [3.05, 3.63) is 64.7 Å². The van der Waals surface area contributed by atoms with Crippen molar-refractivity contribution in [1.29, 1.82) is 5.26 Å². The summed E-state index contributed by atoms with van der Waals surface area (Å²) < 4.78 is 0. The molecule has 1 fully saturated rings. The zero-order valence-electron chi connectivity index (χ0n) is 21.4. The Morgan fingerprint density at radius 1 is 1.09 bits per heavy atom. The molecule has 1 saturated carbocycles. The maximum atomic E-state index is 9.11. The first kappa shape index (κ1) is 27.1. The molecule has 4 nitrogen and oxygen atoms in total. The molecule has 0 heterocycles. The van der Waals surface area contributed by atoms with Gasteiger partial charge in [0.2, 0.25) is 0 Å². The Kier molecular flexibility index (Phi) is 9.84. The first-order chi connectivity index (χ1) is 15.2. The summed E-state index contributed by atoms with van der Waals surface area (Å²) in [5.74, 6) is 1.09. The highest BCUT2D eigenvalue weighted by molar-refractivity contribution is 6.08. The summed E-state index contributed by atoms with van der Waals surface area (Å²) in [6.07, 6.45) is 2.29. The second kappa shape index (κ2) is 11.6. The Balaban J connectivity index is 0.00000121. The van der Waals surface area contributed by atoms with Crippen LogP contribution in [0.25, 0.3) is 0 Å². The van der Waals surface area contributed by atoms with Crippen molar-refractivity contribution in [2.45, 2.75) is 80.6 Å². The summed E-state index contributed by atoms with van der Waals surface area (Å²) in [5.41, 5.74) is 11.0. The van der Waals surface area contributed by atoms with E-state index in [9.17, 15) is 0 Å². The third-order valence-corrected chi connectivity index (χ3v) is 6.33. The van der Waals surface area contributed by atoms with Crippen LogP contribution in [0, 0.1) is 23.7 Å². The van der Waals surface area contributed by atoms with Gasteiger partial charge in [0, 0.05) is 5.56 Å². The fraction of sp³-hybridized carbons (Fsp3) is 0.464. The van der Waals surface area contributed by atoms with Gasteiger partial charge in [0.15, 0.2) is 5.84 Å². The van der Waals surface area contributed by atoms with Gasteiger partial charge in [-0.25, -0.2) is 9.98 Å². The second-order valence-corrected chi connectivity index (χ2v) is 8.27. The molecule has 0 saturated heterocycles. The van der Waals surface area contributed by atoms with Gasteiger partial charge in [-0.2, -0.15) is 5.26 Å². The first-order valence-corrected chi connectivity index (χ1v) is 11.7. The highest BCUT2D eigenvalue weighted by Gasteiger charge is 2.60. The third kappa shape index (κ3) is 5.65. The van der Waals surface area contributed by atoms with Crippen molar-refractivity contribution in [2.75, 3.05) is 0 Å². The first-order valence-electron chi connectivity index (χ1n) is 11.7. The van der Waals surface area contributed by atoms with E-state index < -0.39 is 0 Å². The minimum Gasteiger partial charge on any atom is -0.387 e.